The van der Waals surface area contributed by atoms with Crippen LogP contribution in [0.3, 0.4) is 0 Å². The molecule has 0 unspecified atom stereocenters. The van der Waals surface area contributed by atoms with Crippen LogP contribution in [0.2, 0.25) is 0 Å². The Balaban J connectivity index is 1.85. The second kappa shape index (κ2) is 6.36. The quantitative estimate of drug-likeness (QED) is 0.759. The van der Waals surface area contributed by atoms with Crippen molar-refractivity contribution >= 4 is 5.91 Å². The number of hydrogen-bond donors (Lipinski definition) is 0. The molecule has 19 heavy (non-hydrogen) atoms. The molecule has 0 N–H and O–H groups in total. The van der Waals surface area contributed by atoms with Gasteiger partial charge in [-0.15, -0.1) is 0 Å². The first-order valence-corrected chi connectivity index (χ1v) is 7.17. The molecule has 5 nitrogen and oxygen atoms in total. The molecule has 2 aliphatic heterocycles. The second-order valence-corrected chi connectivity index (χ2v) is 5.68. The van der Waals surface area contributed by atoms with Gasteiger partial charge >= 0.3 is 0 Å². The van der Waals surface area contributed by atoms with Gasteiger partial charge in [0.15, 0.2) is 0 Å². The van der Waals surface area contributed by atoms with Crippen LogP contribution in [0, 0.1) is 17.2 Å². The third-order valence-electron chi connectivity index (χ3n) is 3.99. The van der Waals surface area contributed by atoms with Crippen molar-refractivity contribution in [3.63, 3.8) is 0 Å². The lowest BCUT2D eigenvalue weighted by molar-refractivity contribution is -0.143. The van der Waals surface area contributed by atoms with E-state index in [4.69, 9.17) is 4.74 Å². The average molecular weight is 265 g/mol. The maximum Gasteiger partial charge on any atom is 0.251 e. The SMILES string of the molecule is CC(C)[C@H](C#N)N1CCN(C(=O)[C@H]2CCCO2)CC1. The summed E-state index contributed by atoms with van der Waals surface area (Å²) < 4.78 is 5.44. The van der Waals surface area contributed by atoms with Crippen molar-refractivity contribution < 1.29 is 9.53 Å². The van der Waals surface area contributed by atoms with Gasteiger partial charge in [0.05, 0.1) is 6.07 Å². The molecule has 0 spiro atoms. The highest BCUT2D eigenvalue weighted by atomic mass is 16.5. The molecule has 1 amide bonds. The molecule has 5 heteroatoms. The highest BCUT2D eigenvalue weighted by Gasteiger charge is 2.32. The molecule has 2 heterocycles. The van der Waals surface area contributed by atoms with Crippen LogP contribution in [0.4, 0.5) is 0 Å². The Morgan fingerprint density at radius 3 is 2.47 bits per heavy atom. The topological polar surface area (TPSA) is 56.6 Å². The summed E-state index contributed by atoms with van der Waals surface area (Å²) in [5.41, 5.74) is 0. The fourth-order valence-electron chi connectivity index (χ4n) is 2.85. The van der Waals surface area contributed by atoms with E-state index in [9.17, 15) is 10.1 Å². The molecular weight excluding hydrogens is 242 g/mol. The van der Waals surface area contributed by atoms with E-state index in [2.05, 4.69) is 24.8 Å². The minimum Gasteiger partial charge on any atom is -0.368 e. The Hall–Kier alpha value is -1.12. The molecule has 2 saturated heterocycles. The van der Waals surface area contributed by atoms with E-state index < -0.39 is 0 Å². The first-order chi connectivity index (χ1) is 9.13. The maximum atomic E-state index is 12.2. The Kier molecular flexibility index (Phi) is 4.78. The zero-order valence-electron chi connectivity index (χ0n) is 11.8. The van der Waals surface area contributed by atoms with E-state index in [1.54, 1.807) is 0 Å². The lowest BCUT2D eigenvalue weighted by atomic mass is 10.0. The van der Waals surface area contributed by atoms with Crippen LogP contribution in [0.25, 0.3) is 0 Å². The van der Waals surface area contributed by atoms with Crippen LogP contribution >= 0.6 is 0 Å². The normalized spacial score (nSPS) is 26.4. The monoisotopic (exact) mass is 265 g/mol. The van der Waals surface area contributed by atoms with E-state index in [-0.39, 0.29) is 18.1 Å². The van der Waals surface area contributed by atoms with E-state index in [1.807, 2.05) is 4.90 Å². The van der Waals surface area contributed by atoms with Gasteiger partial charge in [0.2, 0.25) is 0 Å². The van der Waals surface area contributed by atoms with E-state index in [0.29, 0.717) is 25.6 Å². The number of rotatable bonds is 3. The first kappa shape index (κ1) is 14.3. The number of carbonyl (C=O) groups is 1. The lowest BCUT2D eigenvalue weighted by Gasteiger charge is -2.38. The van der Waals surface area contributed by atoms with E-state index in [0.717, 1.165) is 25.9 Å². The summed E-state index contributed by atoms with van der Waals surface area (Å²) >= 11 is 0. The number of piperazine rings is 1. The molecule has 0 saturated carbocycles. The summed E-state index contributed by atoms with van der Waals surface area (Å²) in [5.74, 6) is 0.459. The minimum absolute atomic E-state index is 0.0417. The van der Waals surface area contributed by atoms with Gasteiger partial charge in [0, 0.05) is 32.8 Å². The zero-order valence-corrected chi connectivity index (χ0v) is 11.8. The lowest BCUT2D eigenvalue weighted by Crippen LogP contribution is -2.54. The van der Waals surface area contributed by atoms with E-state index >= 15 is 0 Å². The standard InChI is InChI=1S/C14H23N3O2/c1-11(2)12(10-15)16-5-7-17(8-6-16)14(18)13-4-3-9-19-13/h11-13H,3-9H2,1-2H3/t12-,13+/m0/s1. The minimum atomic E-state index is -0.219. The molecule has 0 aromatic carbocycles. The van der Waals surface area contributed by atoms with Gasteiger partial charge in [-0.2, -0.15) is 5.26 Å². The smallest absolute Gasteiger partial charge is 0.251 e. The Bertz CT molecular complexity index is 350. The molecule has 0 bridgehead atoms. The summed E-state index contributed by atoms with van der Waals surface area (Å²) in [4.78, 5) is 16.3. The third-order valence-corrected chi connectivity index (χ3v) is 3.99. The molecule has 2 fully saturated rings. The number of amides is 1. The van der Waals surface area contributed by atoms with Crippen LogP contribution < -0.4 is 0 Å². The molecule has 106 valence electrons. The third kappa shape index (κ3) is 3.26. The van der Waals surface area contributed by atoms with Gasteiger partial charge in [0.1, 0.15) is 12.1 Å². The van der Waals surface area contributed by atoms with E-state index in [1.165, 1.54) is 0 Å². The maximum absolute atomic E-state index is 12.2. The molecule has 0 aromatic heterocycles. The average Bonchev–Trinajstić information content (AvgIpc) is 2.93. The van der Waals surface area contributed by atoms with Crippen LogP contribution in [-0.2, 0) is 9.53 Å². The van der Waals surface area contributed by atoms with Gasteiger partial charge in [-0.05, 0) is 18.8 Å². The fraction of sp³-hybridized carbons (Fsp3) is 0.857. The van der Waals surface area contributed by atoms with Crippen LogP contribution in [0.1, 0.15) is 26.7 Å². The van der Waals surface area contributed by atoms with Crippen molar-refractivity contribution in [3.05, 3.63) is 0 Å². The Morgan fingerprint density at radius 2 is 2.00 bits per heavy atom. The van der Waals surface area contributed by atoms with Crippen molar-refractivity contribution in [2.24, 2.45) is 5.92 Å². The number of ether oxygens (including phenoxy) is 1. The molecular formula is C14H23N3O2. The highest BCUT2D eigenvalue weighted by Crippen LogP contribution is 2.18. The zero-order chi connectivity index (χ0) is 13.8. The molecule has 2 aliphatic rings. The van der Waals surface area contributed by atoms with Crippen molar-refractivity contribution in [1.29, 1.82) is 5.26 Å². The summed E-state index contributed by atoms with van der Waals surface area (Å²) in [6.45, 7) is 7.84. The summed E-state index contributed by atoms with van der Waals surface area (Å²) in [7, 11) is 0. The van der Waals surface area contributed by atoms with Gasteiger partial charge in [-0.1, -0.05) is 13.8 Å². The van der Waals surface area contributed by atoms with Gasteiger partial charge in [-0.3, -0.25) is 9.69 Å². The number of nitriles is 1. The Morgan fingerprint density at radius 1 is 1.32 bits per heavy atom. The molecule has 2 rings (SSSR count). The number of nitrogens with zero attached hydrogens (tertiary/aromatic N) is 3. The van der Waals surface area contributed by atoms with Crippen molar-refractivity contribution in [2.45, 2.75) is 38.8 Å². The second-order valence-electron chi connectivity index (χ2n) is 5.68. The van der Waals surface area contributed by atoms with Gasteiger partial charge < -0.3 is 9.64 Å². The highest BCUT2D eigenvalue weighted by molar-refractivity contribution is 5.81. The predicted molar refractivity (Wildman–Crippen MR) is 71.4 cm³/mol. The van der Waals surface area contributed by atoms with Gasteiger partial charge in [-0.25, -0.2) is 0 Å². The van der Waals surface area contributed by atoms with Crippen LogP contribution in [-0.4, -0.2) is 60.6 Å². The van der Waals surface area contributed by atoms with Crippen LogP contribution in [0.15, 0.2) is 0 Å². The Labute approximate surface area is 115 Å². The molecule has 0 radical (unpaired) electrons. The molecule has 0 aliphatic carbocycles. The summed E-state index contributed by atoms with van der Waals surface area (Å²) in [6, 6.07) is 2.33. The van der Waals surface area contributed by atoms with Crippen LogP contribution in [0.5, 0.6) is 0 Å². The number of carbonyl (C=O) groups excluding carboxylic acids is 1. The predicted octanol–water partition coefficient (Wildman–Crippen LogP) is 0.858. The fourth-order valence-corrected chi connectivity index (χ4v) is 2.85. The van der Waals surface area contributed by atoms with Crippen molar-refractivity contribution in [3.8, 4) is 6.07 Å². The first-order valence-electron chi connectivity index (χ1n) is 7.17. The molecule has 2 atom stereocenters. The summed E-state index contributed by atoms with van der Waals surface area (Å²) in [6.07, 6.45) is 1.62. The van der Waals surface area contributed by atoms with Crippen molar-refractivity contribution in [1.82, 2.24) is 9.80 Å². The molecule has 0 aromatic rings. The summed E-state index contributed by atoms with van der Waals surface area (Å²) in [5, 5.41) is 9.20. The number of hydrogen-bond acceptors (Lipinski definition) is 4. The largest absolute Gasteiger partial charge is 0.368 e. The van der Waals surface area contributed by atoms with Gasteiger partial charge in [0.25, 0.3) is 5.91 Å². The van der Waals surface area contributed by atoms with Crippen molar-refractivity contribution in [2.75, 3.05) is 32.8 Å².